The molecule has 1 atom stereocenters. The Bertz CT molecular complexity index is 624. The maximum Gasteiger partial charge on any atom is 0.303 e. The van der Waals surface area contributed by atoms with Gasteiger partial charge in [0.25, 0.3) is 0 Å². The van der Waals surface area contributed by atoms with E-state index >= 15 is 0 Å². The van der Waals surface area contributed by atoms with E-state index in [1.807, 2.05) is 38.1 Å². The first-order valence-corrected chi connectivity index (χ1v) is 7.08. The lowest BCUT2D eigenvalue weighted by molar-refractivity contribution is -0.143. The molecule has 0 saturated heterocycles. The molecule has 0 radical (unpaired) electrons. The number of hydrogen-bond donors (Lipinski definition) is 0. The molecule has 2 rings (SSSR count). The fourth-order valence-corrected chi connectivity index (χ4v) is 2.30. The highest BCUT2D eigenvalue weighted by molar-refractivity contribution is 5.70. The second-order valence-corrected chi connectivity index (χ2v) is 5.11. The first kappa shape index (κ1) is 15.0. The summed E-state index contributed by atoms with van der Waals surface area (Å²) in [4.78, 5) is 10.9. The number of ether oxygens (including phenoxy) is 1. The summed E-state index contributed by atoms with van der Waals surface area (Å²) < 4.78 is 5.12. The molecule has 1 unspecified atom stereocenters. The molecule has 0 N–H and O–H groups in total. The Hall–Kier alpha value is -2.35. The molecule has 21 heavy (non-hydrogen) atoms. The topological polar surface area (TPSA) is 26.3 Å². The lowest BCUT2D eigenvalue weighted by Crippen LogP contribution is -2.09. The summed E-state index contributed by atoms with van der Waals surface area (Å²) in [5, 5.41) is 0. The summed E-state index contributed by atoms with van der Waals surface area (Å²) in [6.45, 7) is 5.31. The van der Waals surface area contributed by atoms with Crippen molar-refractivity contribution in [3.05, 3.63) is 66.2 Å². The molecule has 0 heterocycles. The van der Waals surface area contributed by atoms with Gasteiger partial charge in [0.05, 0.1) is 0 Å². The highest BCUT2D eigenvalue weighted by Gasteiger charge is 2.04. The van der Waals surface area contributed by atoms with Crippen LogP contribution in [0.2, 0.25) is 0 Å². The second kappa shape index (κ2) is 6.89. The predicted octanol–water partition coefficient (Wildman–Crippen LogP) is 4.71. The fraction of sp³-hybridized carbons (Fsp3) is 0.211. The van der Waals surface area contributed by atoms with Crippen LogP contribution in [0.3, 0.4) is 0 Å². The third-order valence-electron chi connectivity index (χ3n) is 3.28. The fourth-order valence-electron chi connectivity index (χ4n) is 2.30. The van der Waals surface area contributed by atoms with E-state index in [1.54, 1.807) is 0 Å². The minimum absolute atomic E-state index is 0.212. The van der Waals surface area contributed by atoms with Crippen molar-refractivity contribution in [3.8, 4) is 11.1 Å². The maximum atomic E-state index is 10.9. The van der Waals surface area contributed by atoms with E-state index in [9.17, 15) is 4.79 Å². The molecule has 0 saturated carbocycles. The maximum absolute atomic E-state index is 10.9. The van der Waals surface area contributed by atoms with Gasteiger partial charge in [0.15, 0.2) is 0 Å². The second-order valence-electron chi connectivity index (χ2n) is 5.11. The molecule has 0 aromatic heterocycles. The number of hydrogen-bond acceptors (Lipinski definition) is 2. The number of allylic oxidation sites excluding steroid dienone is 1. The third-order valence-corrected chi connectivity index (χ3v) is 3.28. The smallest absolute Gasteiger partial charge is 0.303 e. The van der Waals surface area contributed by atoms with Crippen molar-refractivity contribution in [2.75, 3.05) is 0 Å². The van der Waals surface area contributed by atoms with Crippen molar-refractivity contribution in [2.24, 2.45) is 0 Å². The van der Waals surface area contributed by atoms with Crippen LogP contribution in [-0.4, -0.2) is 12.1 Å². The predicted molar refractivity (Wildman–Crippen MR) is 86.8 cm³/mol. The Labute approximate surface area is 126 Å². The molecule has 0 aliphatic rings. The van der Waals surface area contributed by atoms with Gasteiger partial charge in [-0.1, -0.05) is 54.6 Å². The van der Waals surface area contributed by atoms with Crippen LogP contribution in [0.4, 0.5) is 0 Å². The van der Waals surface area contributed by atoms with E-state index in [-0.39, 0.29) is 12.1 Å². The van der Waals surface area contributed by atoms with Gasteiger partial charge in [-0.05, 0) is 42.2 Å². The van der Waals surface area contributed by atoms with Gasteiger partial charge in [0.1, 0.15) is 6.10 Å². The average Bonchev–Trinajstić information content (AvgIpc) is 2.47. The molecule has 2 nitrogen and oxygen atoms in total. The number of esters is 1. The average molecular weight is 280 g/mol. The van der Waals surface area contributed by atoms with Crippen molar-refractivity contribution in [3.63, 3.8) is 0 Å². The van der Waals surface area contributed by atoms with Crippen molar-refractivity contribution in [2.45, 2.75) is 26.9 Å². The van der Waals surface area contributed by atoms with E-state index in [1.165, 1.54) is 18.1 Å². The van der Waals surface area contributed by atoms with Crippen LogP contribution in [0.5, 0.6) is 0 Å². The normalized spacial score (nSPS) is 12.8. The summed E-state index contributed by atoms with van der Waals surface area (Å²) in [6.07, 6.45) is 1.75. The first-order valence-electron chi connectivity index (χ1n) is 7.08. The van der Waals surface area contributed by atoms with Crippen molar-refractivity contribution < 1.29 is 9.53 Å². The van der Waals surface area contributed by atoms with E-state index in [0.29, 0.717) is 0 Å². The highest BCUT2D eigenvalue weighted by Crippen LogP contribution is 2.22. The summed E-state index contributed by atoms with van der Waals surface area (Å²) >= 11 is 0. The zero-order chi connectivity index (χ0) is 15.2. The van der Waals surface area contributed by atoms with Gasteiger partial charge in [-0.3, -0.25) is 4.79 Å². The van der Waals surface area contributed by atoms with Gasteiger partial charge in [-0.2, -0.15) is 0 Å². The standard InChI is InChI=1S/C19H20O2/c1-14(13-15(2)21-16(3)20)17-9-11-19(12-10-17)18-7-5-4-6-8-18/h4-13,15H,1-3H3/b14-13-. The molecular formula is C19H20O2. The highest BCUT2D eigenvalue weighted by atomic mass is 16.5. The molecule has 2 aromatic carbocycles. The molecule has 0 bridgehead atoms. The van der Waals surface area contributed by atoms with Crippen LogP contribution in [0.1, 0.15) is 26.3 Å². The minimum Gasteiger partial charge on any atom is -0.459 e. The quantitative estimate of drug-likeness (QED) is 0.758. The Balaban J connectivity index is 2.15. The van der Waals surface area contributed by atoms with Gasteiger partial charge in [-0.25, -0.2) is 0 Å². The zero-order valence-electron chi connectivity index (χ0n) is 12.7. The number of benzene rings is 2. The Kier molecular flexibility index (Phi) is 4.94. The number of rotatable bonds is 4. The van der Waals surface area contributed by atoms with E-state index in [4.69, 9.17) is 4.74 Å². The van der Waals surface area contributed by atoms with Crippen LogP contribution in [-0.2, 0) is 9.53 Å². The molecule has 0 fully saturated rings. The number of carbonyl (C=O) groups excluding carboxylic acids is 1. The SMILES string of the molecule is CC(=O)OC(C)/C=C(/C)c1ccc(-c2ccccc2)cc1. The van der Waals surface area contributed by atoms with E-state index in [0.717, 1.165) is 11.1 Å². The van der Waals surface area contributed by atoms with Gasteiger partial charge >= 0.3 is 5.97 Å². The van der Waals surface area contributed by atoms with Crippen LogP contribution >= 0.6 is 0 Å². The van der Waals surface area contributed by atoms with Crippen molar-refractivity contribution in [1.82, 2.24) is 0 Å². The molecule has 0 aliphatic carbocycles. The van der Waals surface area contributed by atoms with Crippen LogP contribution < -0.4 is 0 Å². The molecule has 2 aromatic rings. The molecule has 108 valence electrons. The van der Waals surface area contributed by atoms with Gasteiger partial charge < -0.3 is 4.74 Å². The molecule has 2 heteroatoms. The Morgan fingerprint density at radius 3 is 2.10 bits per heavy atom. The zero-order valence-corrected chi connectivity index (χ0v) is 12.7. The monoisotopic (exact) mass is 280 g/mol. The van der Waals surface area contributed by atoms with Gasteiger partial charge in [0.2, 0.25) is 0 Å². The largest absolute Gasteiger partial charge is 0.459 e. The lowest BCUT2D eigenvalue weighted by Gasteiger charge is -2.10. The van der Waals surface area contributed by atoms with Crippen LogP contribution in [0.15, 0.2) is 60.7 Å². The van der Waals surface area contributed by atoms with E-state index in [2.05, 4.69) is 36.4 Å². The summed E-state index contributed by atoms with van der Waals surface area (Å²) in [6, 6.07) is 18.7. The Morgan fingerprint density at radius 2 is 1.52 bits per heavy atom. The summed E-state index contributed by atoms with van der Waals surface area (Å²) in [5.41, 5.74) is 4.64. The van der Waals surface area contributed by atoms with Crippen LogP contribution in [0, 0.1) is 0 Å². The van der Waals surface area contributed by atoms with Crippen molar-refractivity contribution >= 4 is 11.5 Å². The molecule has 0 aliphatic heterocycles. The minimum atomic E-state index is -0.258. The first-order chi connectivity index (χ1) is 10.1. The Morgan fingerprint density at radius 1 is 0.952 bits per heavy atom. The van der Waals surface area contributed by atoms with Gasteiger partial charge in [0, 0.05) is 6.92 Å². The van der Waals surface area contributed by atoms with Crippen LogP contribution in [0.25, 0.3) is 16.7 Å². The molecule has 0 amide bonds. The summed E-state index contributed by atoms with van der Waals surface area (Å²) in [7, 11) is 0. The number of carbonyl (C=O) groups is 1. The summed E-state index contributed by atoms with van der Waals surface area (Å²) in [5.74, 6) is -0.258. The van der Waals surface area contributed by atoms with E-state index < -0.39 is 0 Å². The van der Waals surface area contributed by atoms with Crippen molar-refractivity contribution in [1.29, 1.82) is 0 Å². The molecule has 0 spiro atoms. The van der Waals surface area contributed by atoms with Gasteiger partial charge in [-0.15, -0.1) is 0 Å². The third kappa shape index (κ3) is 4.32. The molecular weight excluding hydrogens is 260 g/mol. The lowest BCUT2D eigenvalue weighted by atomic mass is 10.0.